The summed E-state index contributed by atoms with van der Waals surface area (Å²) in [5, 5.41) is 10.1. The minimum absolute atomic E-state index is 0.169. The van der Waals surface area contributed by atoms with Crippen LogP contribution in [0.5, 0.6) is 0 Å². The van der Waals surface area contributed by atoms with E-state index in [0.717, 1.165) is 12.2 Å². The standard InChI is InChI=1S/C12H21N5O4S2/c1-3-10-14-12(16-15-10)22-8-11(18)13-6-9-7-17(4-5-21-9)23(2,19)20/h9H,3-8H2,1-2H3,(H,13,18)(H,14,15,16)/t9-/m0/s1. The molecule has 1 fully saturated rings. The number of carbonyl (C=O) groups excluding carboxylic acids is 1. The molecule has 9 nitrogen and oxygen atoms in total. The minimum Gasteiger partial charge on any atom is -0.374 e. The lowest BCUT2D eigenvalue weighted by atomic mass is 10.3. The van der Waals surface area contributed by atoms with Gasteiger partial charge in [-0.15, -0.1) is 5.10 Å². The quantitative estimate of drug-likeness (QED) is 0.611. The summed E-state index contributed by atoms with van der Waals surface area (Å²) < 4.78 is 29.9. The van der Waals surface area contributed by atoms with Crippen molar-refractivity contribution in [3.8, 4) is 0 Å². The number of nitrogens with one attached hydrogen (secondary N) is 2. The highest BCUT2D eigenvalue weighted by Gasteiger charge is 2.26. The molecule has 2 rings (SSSR count). The van der Waals surface area contributed by atoms with Gasteiger partial charge in [0, 0.05) is 26.1 Å². The normalized spacial score (nSPS) is 19.7. The molecule has 0 saturated carbocycles. The van der Waals surface area contributed by atoms with Gasteiger partial charge in [-0.3, -0.25) is 9.89 Å². The summed E-state index contributed by atoms with van der Waals surface area (Å²) in [4.78, 5) is 16.0. The van der Waals surface area contributed by atoms with Crippen molar-refractivity contribution in [2.75, 3.05) is 38.2 Å². The SMILES string of the molecule is CCc1nc(SCC(=O)NC[C@H]2CN(S(C)(=O)=O)CCO2)n[nH]1. The monoisotopic (exact) mass is 363 g/mol. The maximum Gasteiger partial charge on any atom is 0.230 e. The molecule has 1 aromatic heterocycles. The van der Waals surface area contributed by atoms with Gasteiger partial charge in [-0.05, 0) is 0 Å². The third-order valence-corrected chi connectivity index (χ3v) is 5.39. The van der Waals surface area contributed by atoms with Crippen molar-refractivity contribution >= 4 is 27.7 Å². The van der Waals surface area contributed by atoms with Crippen molar-refractivity contribution in [1.82, 2.24) is 24.8 Å². The van der Waals surface area contributed by atoms with Crippen LogP contribution in [0.3, 0.4) is 0 Å². The second-order valence-corrected chi connectivity index (χ2v) is 8.05. The number of sulfonamides is 1. The topological polar surface area (TPSA) is 117 Å². The first-order valence-corrected chi connectivity index (χ1v) is 10.1. The van der Waals surface area contributed by atoms with Gasteiger partial charge >= 0.3 is 0 Å². The van der Waals surface area contributed by atoms with Gasteiger partial charge < -0.3 is 10.1 Å². The van der Waals surface area contributed by atoms with Crippen LogP contribution in [-0.4, -0.2) is 78.2 Å². The Hall–Kier alpha value is -1.17. The third-order valence-electron chi connectivity index (χ3n) is 3.28. The van der Waals surface area contributed by atoms with Crippen LogP contribution in [0.25, 0.3) is 0 Å². The van der Waals surface area contributed by atoms with Crippen LogP contribution < -0.4 is 5.32 Å². The fraction of sp³-hybridized carbons (Fsp3) is 0.750. The van der Waals surface area contributed by atoms with Gasteiger partial charge in [0.15, 0.2) is 0 Å². The van der Waals surface area contributed by atoms with E-state index in [4.69, 9.17) is 4.74 Å². The van der Waals surface area contributed by atoms with E-state index in [1.807, 2.05) is 6.92 Å². The summed E-state index contributed by atoms with van der Waals surface area (Å²) in [7, 11) is -3.23. The zero-order valence-electron chi connectivity index (χ0n) is 13.1. The summed E-state index contributed by atoms with van der Waals surface area (Å²) in [5.74, 6) is 0.811. The number of aromatic amines is 1. The Kier molecular flexibility index (Phi) is 6.39. The van der Waals surface area contributed by atoms with Crippen molar-refractivity contribution in [2.24, 2.45) is 0 Å². The number of thioether (sulfide) groups is 1. The van der Waals surface area contributed by atoms with E-state index in [1.165, 1.54) is 22.3 Å². The number of rotatable bonds is 7. The van der Waals surface area contributed by atoms with Gasteiger partial charge in [0.05, 0.1) is 24.7 Å². The second-order valence-electron chi connectivity index (χ2n) is 5.12. The molecule has 1 aliphatic heterocycles. The van der Waals surface area contributed by atoms with Crippen molar-refractivity contribution in [1.29, 1.82) is 0 Å². The fourth-order valence-corrected chi connectivity index (χ4v) is 3.52. The Morgan fingerprint density at radius 1 is 1.57 bits per heavy atom. The van der Waals surface area contributed by atoms with Crippen LogP contribution in [0.4, 0.5) is 0 Å². The minimum atomic E-state index is -3.23. The predicted molar refractivity (Wildman–Crippen MR) is 85.7 cm³/mol. The van der Waals surface area contributed by atoms with Crippen molar-refractivity contribution < 1.29 is 17.9 Å². The lowest BCUT2D eigenvalue weighted by molar-refractivity contribution is -0.119. The van der Waals surface area contributed by atoms with Crippen LogP contribution in [0.1, 0.15) is 12.7 Å². The van der Waals surface area contributed by atoms with Crippen molar-refractivity contribution in [3.63, 3.8) is 0 Å². The first-order chi connectivity index (χ1) is 10.9. The Morgan fingerprint density at radius 2 is 2.35 bits per heavy atom. The zero-order valence-corrected chi connectivity index (χ0v) is 14.7. The molecule has 130 valence electrons. The Labute approximate surface area is 139 Å². The van der Waals surface area contributed by atoms with Gasteiger partial charge in [0.25, 0.3) is 0 Å². The molecule has 1 amide bonds. The summed E-state index contributed by atoms with van der Waals surface area (Å²) in [6, 6.07) is 0. The van der Waals surface area contributed by atoms with E-state index < -0.39 is 10.0 Å². The smallest absolute Gasteiger partial charge is 0.230 e. The van der Waals surface area contributed by atoms with E-state index in [-0.39, 0.29) is 30.9 Å². The number of hydrogen-bond acceptors (Lipinski definition) is 7. The van der Waals surface area contributed by atoms with E-state index >= 15 is 0 Å². The number of aryl methyl sites for hydroxylation is 1. The summed E-state index contributed by atoms with van der Waals surface area (Å²) in [6.07, 6.45) is 1.60. The van der Waals surface area contributed by atoms with Crippen LogP contribution in [0.15, 0.2) is 5.16 Å². The number of H-pyrrole nitrogens is 1. The Morgan fingerprint density at radius 3 is 3.00 bits per heavy atom. The molecule has 0 bridgehead atoms. The highest BCUT2D eigenvalue weighted by atomic mass is 32.2. The number of morpholine rings is 1. The predicted octanol–water partition coefficient (Wildman–Crippen LogP) is -0.764. The molecule has 0 aliphatic carbocycles. The number of hydrogen-bond donors (Lipinski definition) is 2. The largest absolute Gasteiger partial charge is 0.374 e. The lowest BCUT2D eigenvalue weighted by Gasteiger charge is -2.31. The van der Waals surface area contributed by atoms with Gasteiger partial charge in [0.1, 0.15) is 5.82 Å². The molecule has 0 unspecified atom stereocenters. The molecule has 0 spiro atoms. The summed E-state index contributed by atoms with van der Waals surface area (Å²) >= 11 is 1.24. The Balaban J connectivity index is 1.71. The molecule has 2 heterocycles. The molecular formula is C12H21N5O4S2. The van der Waals surface area contributed by atoms with Gasteiger partial charge in [-0.2, -0.15) is 4.31 Å². The number of ether oxygens (including phenoxy) is 1. The number of amides is 1. The van der Waals surface area contributed by atoms with E-state index in [2.05, 4.69) is 20.5 Å². The molecule has 2 N–H and O–H groups in total. The van der Waals surface area contributed by atoms with Gasteiger partial charge in [-0.1, -0.05) is 18.7 Å². The lowest BCUT2D eigenvalue weighted by Crippen LogP contribution is -2.49. The van der Waals surface area contributed by atoms with Crippen LogP contribution >= 0.6 is 11.8 Å². The third kappa shape index (κ3) is 5.75. The van der Waals surface area contributed by atoms with Crippen molar-refractivity contribution in [2.45, 2.75) is 24.6 Å². The van der Waals surface area contributed by atoms with Gasteiger partial charge in [-0.25, -0.2) is 13.4 Å². The molecule has 1 aromatic rings. The maximum absolute atomic E-state index is 11.8. The van der Waals surface area contributed by atoms with E-state index in [9.17, 15) is 13.2 Å². The Bertz CT molecular complexity index is 633. The molecule has 0 aromatic carbocycles. The molecule has 1 aliphatic rings. The first kappa shape index (κ1) is 18.2. The molecule has 11 heteroatoms. The van der Waals surface area contributed by atoms with E-state index in [1.54, 1.807) is 0 Å². The molecule has 23 heavy (non-hydrogen) atoms. The molecular weight excluding hydrogens is 342 g/mol. The summed E-state index contributed by atoms with van der Waals surface area (Å²) in [5.41, 5.74) is 0. The first-order valence-electron chi connectivity index (χ1n) is 7.26. The fourth-order valence-electron chi connectivity index (χ4n) is 2.03. The average Bonchev–Trinajstić information content (AvgIpc) is 2.98. The number of carbonyl (C=O) groups is 1. The second kappa shape index (κ2) is 8.08. The zero-order chi connectivity index (χ0) is 16.9. The molecule has 1 saturated heterocycles. The maximum atomic E-state index is 11.8. The van der Waals surface area contributed by atoms with Crippen LogP contribution in [0, 0.1) is 0 Å². The number of aromatic nitrogens is 3. The van der Waals surface area contributed by atoms with Crippen molar-refractivity contribution in [3.05, 3.63) is 5.82 Å². The van der Waals surface area contributed by atoms with Crippen LogP contribution in [-0.2, 0) is 26.0 Å². The highest BCUT2D eigenvalue weighted by molar-refractivity contribution is 7.99. The van der Waals surface area contributed by atoms with Crippen LogP contribution in [0.2, 0.25) is 0 Å². The van der Waals surface area contributed by atoms with E-state index in [0.29, 0.717) is 18.3 Å². The highest BCUT2D eigenvalue weighted by Crippen LogP contribution is 2.12. The molecule has 0 radical (unpaired) electrons. The van der Waals surface area contributed by atoms with Gasteiger partial charge in [0.2, 0.25) is 21.1 Å². The summed E-state index contributed by atoms with van der Waals surface area (Å²) in [6.45, 7) is 3.18. The molecule has 1 atom stereocenters. The average molecular weight is 363 g/mol. The number of nitrogens with zero attached hydrogens (tertiary/aromatic N) is 3.